The van der Waals surface area contributed by atoms with Crippen LogP contribution in [0.4, 0.5) is 5.69 Å². The molecule has 2 heterocycles. The number of hydrogen-bond donors (Lipinski definition) is 2. The van der Waals surface area contributed by atoms with Crippen LogP contribution in [-0.2, 0) is 27.2 Å². The largest absolute Gasteiger partial charge is 0.399 e. The third-order valence-electron chi connectivity index (χ3n) is 6.28. The van der Waals surface area contributed by atoms with Gasteiger partial charge in [-0.15, -0.1) is 11.8 Å². The van der Waals surface area contributed by atoms with Crippen molar-refractivity contribution in [3.05, 3.63) is 51.5 Å². The van der Waals surface area contributed by atoms with E-state index in [-0.39, 0.29) is 23.3 Å². The number of thiocarbonyl (C=S) groups is 1. The molecule has 1 amide bonds. The molecular weight excluding hydrogens is 430 g/mol. The number of nitrogens with two attached hydrogens (primary N) is 1. The molecule has 3 aliphatic rings. The minimum absolute atomic E-state index is 0.121. The van der Waals surface area contributed by atoms with E-state index in [1.54, 1.807) is 17.0 Å². The zero-order valence-electron chi connectivity index (χ0n) is 17.3. The summed E-state index contributed by atoms with van der Waals surface area (Å²) in [7, 11) is 0. The van der Waals surface area contributed by atoms with Gasteiger partial charge < -0.3 is 15.8 Å². The Bertz CT molecular complexity index is 1020. The average Bonchev–Trinajstić information content (AvgIpc) is 3.14. The molecule has 0 bridgehead atoms. The molecule has 4 rings (SSSR count). The maximum atomic E-state index is 13.2. The predicted molar refractivity (Wildman–Crippen MR) is 126 cm³/mol. The van der Waals surface area contributed by atoms with Crippen molar-refractivity contribution in [2.45, 2.75) is 38.6 Å². The molecule has 31 heavy (non-hydrogen) atoms. The summed E-state index contributed by atoms with van der Waals surface area (Å²) >= 11 is 6.65. The number of fused-ring (bicyclic) bond motifs is 1. The van der Waals surface area contributed by atoms with E-state index in [0.29, 0.717) is 24.1 Å². The molecule has 1 aliphatic carbocycles. The van der Waals surface area contributed by atoms with Gasteiger partial charge in [-0.1, -0.05) is 18.3 Å². The van der Waals surface area contributed by atoms with Crippen LogP contribution < -0.4 is 11.1 Å². The number of nitrogens with zero attached hydrogens (tertiary/aromatic N) is 1. The number of aldehydes is 1. The maximum Gasteiger partial charge on any atom is 0.231 e. The van der Waals surface area contributed by atoms with Gasteiger partial charge in [-0.25, -0.2) is 0 Å². The highest BCUT2D eigenvalue weighted by Gasteiger charge is 2.40. The Hall–Kier alpha value is -2.29. The SMILES string of the molecule is Cc1cc2c(cc1N)CC(CC(=O)N1C=CSC=C1C(=O)C1C(=S)CN[C@@H]1C=O)CC2. The molecule has 0 radical (unpaired) electrons. The van der Waals surface area contributed by atoms with Gasteiger partial charge in [0, 0.05) is 35.1 Å². The Kier molecular flexibility index (Phi) is 6.41. The molecule has 2 unspecified atom stereocenters. The van der Waals surface area contributed by atoms with Crippen molar-refractivity contribution in [1.82, 2.24) is 10.2 Å². The fraction of sp³-hybridized carbons (Fsp3) is 0.391. The van der Waals surface area contributed by atoms with E-state index < -0.39 is 12.0 Å². The van der Waals surface area contributed by atoms with Gasteiger partial charge in [0.25, 0.3) is 0 Å². The maximum absolute atomic E-state index is 13.2. The molecule has 0 saturated carbocycles. The highest BCUT2D eigenvalue weighted by Crippen LogP contribution is 2.33. The standard InChI is InChI=1S/C23H25N3O3S2/c1-13-6-15-3-2-14(7-16(15)9-17(13)24)8-21(28)26-4-5-31-12-19(26)23(29)22-18(11-27)25-10-20(22)30/h4-6,9,11-12,14,18,22,25H,2-3,7-8,10,24H2,1H3/t14?,18-,22?/m1/s1. The summed E-state index contributed by atoms with van der Waals surface area (Å²) in [6, 6.07) is 3.54. The van der Waals surface area contributed by atoms with Gasteiger partial charge in [-0.3, -0.25) is 14.5 Å². The van der Waals surface area contributed by atoms with E-state index in [1.165, 1.54) is 27.8 Å². The number of nitrogens with one attached hydrogen (secondary N) is 1. The summed E-state index contributed by atoms with van der Waals surface area (Å²) in [6.45, 7) is 2.36. The zero-order chi connectivity index (χ0) is 22.1. The molecule has 1 aromatic carbocycles. The van der Waals surface area contributed by atoms with E-state index in [9.17, 15) is 14.4 Å². The number of benzene rings is 1. The fourth-order valence-corrected chi connectivity index (χ4v) is 5.49. The van der Waals surface area contributed by atoms with E-state index >= 15 is 0 Å². The quantitative estimate of drug-likeness (QED) is 0.401. The van der Waals surface area contributed by atoms with Crippen molar-refractivity contribution in [2.24, 2.45) is 11.8 Å². The first kappa shape index (κ1) is 21.9. The molecular formula is C23H25N3O3S2. The molecule has 1 aromatic rings. The first-order valence-electron chi connectivity index (χ1n) is 10.4. The number of thioether (sulfide) groups is 1. The highest BCUT2D eigenvalue weighted by molar-refractivity contribution is 8.05. The molecule has 8 heteroatoms. The summed E-state index contributed by atoms with van der Waals surface area (Å²) in [6.07, 6.45) is 5.34. The van der Waals surface area contributed by atoms with E-state index in [1.807, 2.05) is 13.0 Å². The molecule has 0 spiro atoms. The monoisotopic (exact) mass is 455 g/mol. The number of ketones is 1. The second kappa shape index (κ2) is 9.06. The minimum atomic E-state index is -0.714. The minimum Gasteiger partial charge on any atom is -0.399 e. The average molecular weight is 456 g/mol. The lowest BCUT2D eigenvalue weighted by Gasteiger charge is -2.29. The van der Waals surface area contributed by atoms with Crippen LogP contribution in [0.2, 0.25) is 0 Å². The van der Waals surface area contributed by atoms with Crippen LogP contribution >= 0.6 is 24.0 Å². The second-order valence-corrected chi connectivity index (χ2v) is 9.63. The third kappa shape index (κ3) is 4.37. The number of carbonyl (C=O) groups is 3. The summed E-state index contributed by atoms with van der Waals surface area (Å²) in [5.74, 6) is -0.925. The van der Waals surface area contributed by atoms with E-state index in [4.69, 9.17) is 18.0 Å². The van der Waals surface area contributed by atoms with Gasteiger partial charge in [0.05, 0.1) is 17.7 Å². The van der Waals surface area contributed by atoms with E-state index in [0.717, 1.165) is 30.5 Å². The first-order valence-corrected chi connectivity index (χ1v) is 11.7. The van der Waals surface area contributed by atoms with Crippen LogP contribution in [0.5, 0.6) is 0 Å². The lowest BCUT2D eigenvalue weighted by atomic mass is 9.81. The van der Waals surface area contributed by atoms with Gasteiger partial charge in [0.2, 0.25) is 5.91 Å². The Morgan fingerprint density at radius 3 is 2.94 bits per heavy atom. The van der Waals surface area contributed by atoms with Crippen LogP contribution in [0.3, 0.4) is 0 Å². The smallest absolute Gasteiger partial charge is 0.231 e. The van der Waals surface area contributed by atoms with Crippen molar-refractivity contribution >= 4 is 52.5 Å². The number of amides is 1. The van der Waals surface area contributed by atoms with Crippen LogP contribution in [0.1, 0.15) is 29.5 Å². The summed E-state index contributed by atoms with van der Waals surface area (Å²) in [5, 5.41) is 6.40. The zero-order valence-corrected chi connectivity index (χ0v) is 18.9. The molecule has 3 atom stereocenters. The normalized spacial score (nSPS) is 25.2. The van der Waals surface area contributed by atoms with Crippen molar-refractivity contribution in [2.75, 3.05) is 12.3 Å². The number of allylic oxidation sites excluding steroid dienone is 1. The van der Waals surface area contributed by atoms with Crippen molar-refractivity contribution in [3.63, 3.8) is 0 Å². The van der Waals surface area contributed by atoms with E-state index in [2.05, 4.69) is 11.4 Å². The summed E-state index contributed by atoms with van der Waals surface area (Å²) in [5.41, 5.74) is 10.8. The van der Waals surface area contributed by atoms with Gasteiger partial charge in [0.15, 0.2) is 5.78 Å². The Morgan fingerprint density at radius 1 is 1.35 bits per heavy atom. The number of aryl methyl sites for hydroxylation is 2. The summed E-state index contributed by atoms with van der Waals surface area (Å²) in [4.78, 5) is 39.7. The van der Waals surface area contributed by atoms with Gasteiger partial charge in [-0.2, -0.15) is 0 Å². The van der Waals surface area contributed by atoms with Gasteiger partial charge in [-0.05, 0) is 60.3 Å². The Balaban J connectivity index is 1.48. The van der Waals surface area contributed by atoms with Crippen LogP contribution in [0.25, 0.3) is 0 Å². The lowest BCUT2D eigenvalue weighted by molar-refractivity contribution is -0.131. The number of anilines is 1. The topological polar surface area (TPSA) is 92.5 Å². The molecule has 2 aliphatic heterocycles. The Morgan fingerprint density at radius 2 is 2.16 bits per heavy atom. The van der Waals surface area contributed by atoms with Crippen molar-refractivity contribution in [1.29, 1.82) is 0 Å². The number of Topliss-reactive ketones (excluding diaryl/α,β-unsaturated/α-hetero) is 1. The molecule has 6 nitrogen and oxygen atoms in total. The second-order valence-electron chi connectivity index (χ2n) is 8.33. The number of hydrogen-bond acceptors (Lipinski definition) is 7. The molecule has 162 valence electrons. The number of carbonyl (C=O) groups excluding carboxylic acids is 3. The molecule has 1 saturated heterocycles. The fourth-order valence-electron chi connectivity index (χ4n) is 4.52. The first-order chi connectivity index (χ1) is 14.9. The third-order valence-corrected chi connectivity index (χ3v) is 7.31. The van der Waals surface area contributed by atoms with Crippen LogP contribution in [0, 0.1) is 18.8 Å². The molecule has 3 N–H and O–H groups in total. The van der Waals surface area contributed by atoms with Crippen LogP contribution in [-0.4, -0.2) is 40.3 Å². The molecule has 0 aromatic heterocycles. The lowest BCUT2D eigenvalue weighted by Crippen LogP contribution is -2.40. The van der Waals surface area contributed by atoms with Crippen molar-refractivity contribution in [3.8, 4) is 0 Å². The molecule has 1 fully saturated rings. The van der Waals surface area contributed by atoms with Gasteiger partial charge >= 0.3 is 0 Å². The predicted octanol–water partition coefficient (Wildman–Crippen LogP) is 2.69. The summed E-state index contributed by atoms with van der Waals surface area (Å²) < 4.78 is 0. The number of nitrogen functional groups attached to an aromatic ring is 1. The number of rotatable bonds is 5. The van der Waals surface area contributed by atoms with Crippen molar-refractivity contribution < 1.29 is 14.4 Å². The highest BCUT2D eigenvalue weighted by atomic mass is 32.2. The van der Waals surface area contributed by atoms with Crippen LogP contribution in [0.15, 0.2) is 34.8 Å². The van der Waals surface area contributed by atoms with Gasteiger partial charge in [0.1, 0.15) is 6.29 Å². The Labute approximate surface area is 191 Å².